The second-order valence-corrected chi connectivity index (χ2v) is 5.86. The Morgan fingerprint density at radius 3 is 2.29 bits per heavy atom. The molecule has 2 aromatic rings. The third-order valence-electron chi connectivity index (χ3n) is 4.33. The number of aromatic nitrogens is 2. The summed E-state index contributed by atoms with van der Waals surface area (Å²) in [6, 6.07) is 12.7. The van der Waals surface area contributed by atoms with Crippen LogP contribution in [0.2, 0.25) is 0 Å². The number of anilines is 2. The molecule has 21 heavy (non-hydrogen) atoms. The van der Waals surface area contributed by atoms with Gasteiger partial charge in [-0.25, -0.2) is 9.97 Å². The Morgan fingerprint density at radius 1 is 0.857 bits per heavy atom. The Morgan fingerprint density at radius 2 is 1.57 bits per heavy atom. The molecule has 0 N–H and O–H groups in total. The summed E-state index contributed by atoms with van der Waals surface area (Å²) in [5, 5.41) is 0. The van der Waals surface area contributed by atoms with Crippen molar-refractivity contribution in [3.8, 4) is 0 Å². The maximum absolute atomic E-state index is 4.75. The molecule has 4 heteroatoms. The van der Waals surface area contributed by atoms with Crippen LogP contribution in [0.4, 0.5) is 11.5 Å². The van der Waals surface area contributed by atoms with Crippen LogP contribution in [-0.4, -0.2) is 36.1 Å². The summed E-state index contributed by atoms with van der Waals surface area (Å²) in [7, 11) is 0. The van der Waals surface area contributed by atoms with Gasteiger partial charge in [-0.15, -0.1) is 0 Å². The first-order valence-corrected chi connectivity index (χ1v) is 7.78. The quantitative estimate of drug-likeness (QED) is 0.865. The monoisotopic (exact) mass is 280 g/mol. The molecule has 1 aromatic carbocycles. The van der Waals surface area contributed by atoms with Crippen molar-refractivity contribution in [3.63, 3.8) is 0 Å². The minimum Gasteiger partial charge on any atom is -0.368 e. The molecule has 0 bridgehead atoms. The van der Waals surface area contributed by atoms with Crippen LogP contribution in [-0.2, 0) is 0 Å². The normalized spacial score (nSPS) is 18.9. The van der Waals surface area contributed by atoms with Gasteiger partial charge < -0.3 is 9.80 Å². The lowest BCUT2D eigenvalue weighted by molar-refractivity contribution is 0.644. The highest BCUT2D eigenvalue weighted by Gasteiger charge is 2.27. The molecule has 0 radical (unpaired) electrons. The predicted octanol–water partition coefficient (Wildman–Crippen LogP) is 2.68. The zero-order valence-electron chi connectivity index (χ0n) is 12.2. The van der Waals surface area contributed by atoms with Crippen LogP contribution in [0, 0.1) is 0 Å². The first-order valence-electron chi connectivity index (χ1n) is 7.78. The fourth-order valence-electron chi connectivity index (χ4n) is 2.91. The average molecular weight is 280 g/mol. The molecule has 0 atom stereocenters. The molecule has 1 saturated carbocycles. The molecule has 1 saturated heterocycles. The molecule has 108 valence electrons. The van der Waals surface area contributed by atoms with E-state index in [9.17, 15) is 0 Å². The maximum atomic E-state index is 4.75. The number of hydrogen-bond acceptors (Lipinski definition) is 4. The van der Waals surface area contributed by atoms with E-state index in [4.69, 9.17) is 4.98 Å². The van der Waals surface area contributed by atoms with Gasteiger partial charge in [0.1, 0.15) is 11.6 Å². The van der Waals surface area contributed by atoms with Crippen LogP contribution in [0.15, 0.2) is 42.6 Å². The van der Waals surface area contributed by atoms with E-state index in [-0.39, 0.29) is 0 Å². The lowest BCUT2D eigenvalue weighted by Gasteiger charge is -2.36. The van der Waals surface area contributed by atoms with Gasteiger partial charge in [0.05, 0.1) is 0 Å². The standard InChI is InChI=1S/C17H20N4/c1-2-4-15(5-3-1)20-10-12-21(13-11-20)16-8-9-18-17(19-16)14-6-7-14/h1-5,8-9,14H,6-7,10-13H2. The van der Waals surface area contributed by atoms with Crippen molar-refractivity contribution < 1.29 is 0 Å². The minimum absolute atomic E-state index is 0.621. The van der Waals surface area contributed by atoms with Gasteiger partial charge >= 0.3 is 0 Å². The maximum Gasteiger partial charge on any atom is 0.133 e. The van der Waals surface area contributed by atoms with Crippen LogP contribution in [0.25, 0.3) is 0 Å². The minimum atomic E-state index is 0.621. The average Bonchev–Trinajstić information content (AvgIpc) is 3.41. The second-order valence-electron chi connectivity index (χ2n) is 5.86. The fourth-order valence-corrected chi connectivity index (χ4v) is 2.91. The summed E-state index contributed by atoms with van der Waals surface area (Å²) in [6.07, 6.45) is 4.43. The van der Waals surface area contributed by atoms with Gasteiger partial charge in [0.25, 0.3) is 0 Å². The molecule has 1 aliphatic heterocycles. The summed E-state index contributed by atoms with van der Waals surface area (Å²) in [6.45, 7) is 4.14. The van der Waals surface area contributed by atoms with Crippen molar-refractivity contribution >= 4 is 11.5 Å². The van der Waals surface area contributed by atoms with E-state index in [0.29, 0.717) is 5.92 Å². The molecule has 0 spiro atoms. The highest BCUT2D eigenvalue weighted by atomic mass is 15.3. The first-order chi connectivity index (χ1) is 10.4. The van der Waals surface area contributed by atoms with E-state index in [2.05, 4.69) is 45.1 Å². The van der Waals surface area contributed by atoms with Gasteiger partial charge in [-0.05, 0) is 31.0 Å². The summed E-state index contributed by atoms with van der Waals surface area (Å²) in [5.74, 6) is 2.76. The van der Waals surface area contributed by atoms with E-state index in [0.717, 1.165) is 37.8 Å². The van der Waals surface area contributed by atoms with Gasteiger partial charge in [-0.2, -0.15) is 0 Å². The molecule has 0 amide bonds. The first kappa shape index (κ1) is 12.6. The zero-order valence-corrected chi connectivity index (χ0v) is 12.2. The molecule has 1 aliphatic carbocycles. The number of benzene rings is 1. The van der Waals surface area contributed by atoms with E-state index >= 15 is 0 Å². The van der Waals surface area contributed by atoms with Crippen LogP contribution in [0.1, 0.15) is 24.6 Å². The molecule has 2 fully saturated rings. The number of para-hydroxylation sites is 1. The van der Waals surface area contributed by atoms with Gasteiger partial charge in [0.2, 0.25) is 0 Å². The van der Waals surface area contributed by atoms with Crippen molar-refractivity contribution in [1.29, 1.82) is 0 Å². The number of piperazine rings is 1. The molecule has 4 rings (SSSR count). The van der Waals surface area contributed by atoms with E-state index in [1.165, 1.54) is 18.5 Å². The molecular weight excluding hydrogens is 260 g/mol. The molecule has 1 aromatic heterocycles. The third-order valence-corrected chi connectivity index (χ3v) is 4.33. The fraction of sp³-hybridized carbons (Fsp3) is 0.412. The highest BCUT2D eigenvalue weighted by molar-refractivity contribution is 5.49. The van der Waals surface area contributed by atoms with Crippen LogP contribution in [0.3, 0.4) is 0 Å². The molecule has 2 heterocycles. The van der Waals surface area contributed by atoms with Crippen molar-refractivity contribution in [1.82, 2.24) is 9.97 Å². The molecule has 0 unspecified atom stereocenters. The van der Waals surface area contributed by atoms with Gasteiger partial charge in [0, 0.05) is 44.0 Å². The number of rotatable bonds is 3. The summed E-state index contributed by atoms with van der Waals surface area (Å²) in [5.41, 5.74) is 1.32. The van der Waals surface area contributed by atoms with Crippen molar-refractivity contribution in [2.24, 2.45) is 0 Å². The Kier molecular flexibility index (Phi) is 3.22. The van der Waals surface area contributed by atoms with E-state index in [1.807, 2.05) is 12.3 Å². The molecule has 4 nitrogen and oxygen atoms in total. The molecular formula is C17H20N4. The third kappa shape index (κ3) is 2.71. The molecule has 2 aliphatic rings. The van der Waals surface area contributed by atoms with Crippen molar-refractivity contribution in [2.75, 3.05) is 36.0 Å². The van der Waals surface area contributed by atoms with Crippen LogP contribution < -0.4 is 9.80 Å². The Bertz CT molecular complexity index is 601. The van der Waals surface area contributed by atoms with Gasteiger partial charge in [-0.1, -0.05) is 18.2 Å². The van der Waals surface area contributed by atoms with Crippen LogP contribution in [0.5, 0.6) is 0 Å². The highest BCUT2D eigenvalue weighted by Crippen LogP contribution is 2.38. The van der Waals surface area contributed by atoms with Gasteiger partial charge in [0.15, 0.2) is 0 Å². The van der Waals surface area contributed by atoms with E-state index < -0.39 is 0 Å². The van der Waals surface area contributed by atoms with E-state index in [1.54, 1.807) is 0 Å². The number of nitrogens with zero attached hydrogens (tertiary/aromatic N) is 4. The smallest absolute Gasteiger partial charge is 0.133 e. The van der Waals surface area contributed by atoms with Crippen LogP contribution >= 0.6 is 0 Å². The second kappa shape index (κ2) is 5.35. The van der Waals surface area contributed by atoms with Crippen molar-refractivity contribution in [2.45, 2.75) is 18.8 Å². The lowest BCUT2D eigenvalue weighted by Crippen LogP contribution is -2.46. The lowest BCUT2D eigenvalue weighted by atomic mass is 10.2. The SMILES string of the molecule is c1ccc(N2CCN(c3ccnc(C4CC4)n3)CC2)cc1. The van der Waals surface area contributed by atoms with Crippen molar-refractivity contribution in [3.05, 3.63) is 48.4 Å². The largest absolute Gasteiger partial charge is 0.368 e. The zero-order chi connectivity index (χ0) is 14.1. The summed E-state index contributed by atoms with van der Waals surface area (Å²) < 4.78 is 0. The van der Waals surface area contributed by atoms with Gasteiger partial charge in [-0.3, -0.25) is 0 Å². The Balaban J connectivity index is 1.44. The topological polar surface area (TPSA) is 32.3 Å². The summed E-state index contributed by atoms with van der Waals surface area (Å²) in [4.78, 5) is 14.0. The Hall–Kier alpha value is -2.10. The Labute approximate surface area is 125 Å². The summed E-state index contributed by atoms with van der Waals surface area (Å²) >= 11 is 0. The number of hydrogen-bond donors (Lipinski definition) is 0. The predicted molar refractivity (Wildman–Crippen MR) is 84.9 cm³/mol.